The van der Waals surface area contributed by atoms with E-state index in [1.807, 2.05) is 0 Å². The van der Waals surface area contributed by atoms with Gasteiger partial charge in [-0.3, -0.25) is 0 Å². The molecule has 0 aromatic carbocycles. The Morgan fingerprint density at radius 3 is 2.94 bits per heavy atom. The van der Waals surface area contributed by atoms with Crippen LogP contribution in [0.4, 0.5) is 0 Å². The Hall–Kier alpha value is -1.09. The van der Waals surface area contributed by atoms with Gasteiger partial charge in [-0.25, -0.2) is 9.78 Å². The number of rotatable bonds is 5. The topological polar surface area (TPSA) is 39.2 Å². The highest BCUT2D eigenvalue weighted by molar-refractivity contribution is 6.32. The van der Waals surface area contributed by atoms with Crippen molar-refractivity contribution in [2.45, 2.75) is 26.7 Å². The predicted octanol–water partition coefficient (Wildman–Crippen LogP) is 3.33. The van der Waals surface area contributed by atoms with Crippen molar-refractivity contribution < 1.29 is 9.53 Å². The van der Waals surface area contributed by atoms with Gasteiger partial charge in [-0.1, -0.05) is 25.4 Å². The summed E-state index contributed by atoms with van der Waals surface area (Å²) in [5.41, 5.74) is 0.328. The average molecular weight is 242 g/mol. The quantitative estimate of drug-likeness (QED) is 0.451. The molecule has 3 nitrogen and oxygen atoms in total. The van der Waals surface area contributed by atoms with E-state index in [2.05, 4.69) is 18.8 Å². The Balaban J connectivity index is 2.39. The summed E-state index contributed by atoms with van der Waals surface area (Å²) in [6, 6.07) is 3.27. The van der Waals surface area contributed by atoms with Crippen LogP contribution < -0.4 is 0 Å². The number of hydrogen-bond donors (Lipinski definition) is 0. The molecule has 0 aliphatic carbocycles. The third-order valence-corrected chi connectivity index (χ3v) is 2.44. The number of carbonyl (C=O) groups excluding carboxylic acids is 1. The van der Waals surface area contributed by atoms with Crippen LogP contribution in [0.2, 0.25) is 5.15 Å². The predicted molar refractivity (Wildman–Crippen MR) is 63.6 cm³/mol. The van der Waals surface area contributed by atoms with Crippen molar-refractivity contribution in [2.75, 3.05) is 6.61 Å². The van der Waals surface area contributed by atoms with Crippen LogP contribution in [0, 0.1) is 5.92 Å². The Kier molecular flexibility index (Phi) is 5.26. The van der Waals surface area contributed by atoms with Crippen molar-refractivity contribution >= 4 is 17.6 Å². The van der Waals surface area contributed by atoms with Gasteiger partial charge in [0, 0.05) is 6.20 Å². The summed E-state index contributed by atoms with van der Waals surface area (Å²) in [5, 5.41) is 0.191. The molecule has 1 rings (SSSR count). The van der Waals surface area contributed by atoms with Crippen LogP contribution in [0.25, 0.3) is 0 Å². The molecule has 16 heavy (non-hydrogen) atoms. The highest BCUT2D eigenvalue weighted by Gasteiger charge is 2.11. The Labute approximate surface area is 101 Å². The molecule has 1 heterocycles. The van der Waals surface area contributed by atoms with E-state index in [-0.39, 0.29) is 5.15 Å². The molecule has 0 saturated heterocycles. The number of aromatic nitrogens is 1. The van der Waals surface area contributed by atoms with Gasteiger partial charge in [0.05, 0.1) is 12.2 Å². The van der Waals surface area contributed by atoms with Crippen molar-refractivity contribution in [3.05, 3.63) is 29.0 Å². The Bertz CT molecular complexity index is 353. The maximum absolute atomic E-state index is 11.6. The molecule has 0 fully saturated rings. The number of carbonyl (C=O) groups is 1. The van der Waals surface area contributed by atoms with E-state index in [9.17, 15) is 4.79 Å². The van der Waals surface area contributed by atoms with Crippen LogP contribution in [-0.4, -0.2) is 17.6 Å². The molecule has 0 spiro atoms. The van der Waals surface area contributed by atoms with E-state index in [4.69, 9.17) is 16.3 Å². The zero-order chi connectivity index (χ0) is 12.0. The minimum Gasteiger partial charge on any atom is -0.462 e. The van der Waals surface area contributed by atoms with Gasteiger partial charge in [-0.05, 0) is 30.9 Å². The van der Waals surface area contributed by atoms with Gasteiger partial charge in [-0.2, -0.15) is 0 Å². The summed E-state index contributed by atoms with van der Waals surface area (Å²) in [6.45, 7) is 4.71. The van der Waals surface area contributed by atoms with E-state index < -0.39 is 5.97 Å². The maximum atomic E-state index is 11.6. The van der Waals surface area contributed by atoms with Gasteiger partial charge in [0.1, 0.15) is 5.15 Å². The molecule has 0 aliphatic heterocycles. The maximum Gasteiger partial charge on any atom is 0.341 e. The summed E-state index contributed by atoms with van der Waals surface area (Å²) in [6.07, 6.45) is 3.47. The summed E-state index contributed by atoms with van der Waals surface area (Å²) in [5.74, 6) is 0.225. The molecule has 4 heteroatoms. The van der Waals surface area contributed by atoms with Gasteiger partial charge < -0.3 is 4.74 Å². The molecule has 0 amide bonds. The van der Waals surface area contributed by atoms with Crippen LogP contribution in [0.5, 0.6) is 0 Å². The molecule has 0 unspecified atom stereocenters. The van der Waals surface area contributed by atoms with Gasteiger partial charge in [0.25, 0.3) is 0 Å². The number of hydrogen-bond acceptors (Lipinski definition) is 3. The van der Waals surface area contributed by atoms with Gasteiger partial charge in [0.2, 0.25) is 0 Å². The second-order valence-corrected chi connectivity index (χ2v) is 4.37. The van der Waals surface area contributed by atoms with Crippen molar-refractivity contribution in [3.8, 4) is 0 Å². The normalized spacial score (nSPS) is 10.5. The molecule has 1 aromatic heterocycles. The summed E-state index contributed by atoms with van der Waals surface area (Å²) >= 11 is 5.77. The highest BCUT2D eigenvalue weighted by Crippen LogP contribution is 2.13. The van der Waals surface area contributed by atoms with Crippen LogP contribution >= 0.6 is 11.6 Å². The van der Waals surface area contributed by atoms with Gasteiger partial charge >= 0.3 is 5.97 Å². The molecular weight excluding hydrogens is 226 g/mol. The summed E-state index contributed by atoms with van der Waals surface area (Å²) in [4.78, 5) is 15.4. The lowest BCUT2D eigenvalue weighted by Crippen LogP contribution is -2.08. The van der Waals surface area contributed by atoms with E-state index in [1.54, 1.807) is 12.1 Å². The SMILES string of the molecule is CC(C)CCCOC(=O)c1cccnc1Cl. The standard InChI is InChI=1S/C12H16ClNO2/c1-9(2)5-4-8-16-12(15)10-6-3-7-14-11(10)13/h3,6-7,9H,4-5,8H2,1-2H3. The first-order chi connectivity index (χ1) is 7.61. The third-order valence-electron chi connectivity index (χ3n) is 2.14. The van der Waals surface area contributed by atoms with Crippen LogP contribution in [0.1, 0.15) is 37.0 Å². The summed E-state index contributed by atoms with van der Waals surface area (Å²) < 4.78 is 5.10. The molecule has 0 aliphatic rings. The largest absolute Gasteiger partial charge is 0.462 e. The zero-order valence-electron chi connectivity index (χ0n) is 9.57. The fraction of sp³-hybridized carbons (Fsp3) is 0.500. The zero-order valence-corrected chi connectivity index (χ0v) is 10.3. The van der Waals surface area contributed by atoms with Crippen molar-refractivity contribution in [3.63, 3.8) is 0 Å². The average Bonchev–Trinajstić information content (AvgIpc) is 2.24. The fourth-order valence-corrected chi connectivity index (χ4v) is 1.47. The van der Waals surface area contributed by atoms with E-state index >= 15 is 0 Å². The molecular formula is C12H16ClNO2. The fourth-order valence-electron chi connectivity index (χ4n) is 1.27. The number of pyridine rings is 1. The molecule has 0 radical (unpaired) electrons. The van der Waals surface area contributed by atoms with Gasteiger partial charge in [0.15, 0.2) is 0 Å². The monoisotopic (exact) mass is 241 g/mol. The number of halogens is 1. The lowest BCUT2D eigenvalue weighted by molar-refractivity contribution is 0.0494. The minimum absolute atomic E-state index is 0.191. The van der Waals surface area contributed by atoms with Gasteiger partial charge in [-0.15, -0.1) is 0 Å². The molecule has 88 valence electrons. The first kappa shape index (κ1) is 13.0. The van der Waals surface area contributed by atoms with Crippen LogP contribution in [0.3, 0.4) is 0 Å². The van der Waals surface area contributed by atoms with E-state index in [0.717, 1.165) is 12.8 Å². The second-order valence-electron chi connectivity index (χ2n) is 4.01. The van der Waals surface area contributed by atoms with Crippen molar-refractivity contribution in [1.82, 2.24) is 4.98 Å². The molecule has 0 N–H and O–H groups in total. The molecule has 0 saturated carbocycles. The number of nitrogens with zero attached hydrogens (tertiary/aromatic N) is 1. The smallest absolute Gasteiger partial charge is 0.341 e. The summed E-state index contributed by atoms with van der Waals surface area (Å²) in [7, 11) is 0. The first-order valence-electron chi connectivity index (χ1n) is 5.39. The molecule has 0 bridgehead atoms. The Morgan fingerprint density at radius 1 is 1.56 bits per heavy atom. The lowest BCUT2D eigenvalue weighted by atomic mass is 10.1. The number of ether oxygens (including phenoxy) is 1. The Morgan fingerprint density at radius 2 is 2.31 bits per heavy atom. The van der Waals surface area contributed by atoms with Crippen LogP contribution in [0.15, 0.2) is 18.3 Å². The lowest BCUT2D eigenvalue weighted by Gasteiger charge is -2.06. The molecule has 1 aromatic rings. The minimum atomic E-state index is -0.401. The third kappa shape index (κ3) is 4.19. The van der Waals surface area contributed by atoms with E-state index in [0.29, 0.717) is 18.1 Å². The first-order valence-corrected chi connectivity index (χ1v) is 5.76. The number of esters is 1. The van der Waals surface area contributed by atoms with Crippen molar-refractivity contribution in [1.29, 1.82) is 0 Å². The van der Waals surface area contributed by atoms with Crippen LogP contribution in [-0.2, 0) is 4.74 Å². The second kappa shape index (κ2) is 6.48. The molecule has 0 atom stereocenters. The highest BCUT2D eigenvalue weighted by atomic mass is 35.5. The van der Waals surface area contributed by atoms with E-state index in [1.165, 1.54) is 6.20 Å². The van der Waals surface area contributed by atoms with Crippen molar-refractivity contribution in [2.24, 2.45) is 5.92 Å².